The lowest BCUT2D eigenvalue weighted by Crippen LogP contribution is -2.22. The van der Waals surface area contributed by atoms with Crippen LogP contribution in [0, 0.1) is 5.82 Å². The Morgan fingerprint density at radius 2 is 2.21 bits per heavy atom. The van der Waals surface area contributed by atoms with Crippen molar-refractivity contribution in [3.8, 4) is 0 Å². The highest BCUT2D eigenvalue weighted by atomic mass is 79.9. The predicted octanol–water partition coefficient (Wildman–Crippen LogP) is 3.22. The Morgan fingerprint density at radius 3 is 2.84 bits per heavy atom. The van der Waals surface area contributed by atoms with E-state index in [0.717, 1.165) is 23.1 Å². The lowest BCUT2D eigenvalue weighted by atomic mass is 10.1. The van der Waals surface area contributed by atoms with Gasteiger partial charge in [-0.3, -0.25) is 4.68 Å². The molecule has 2 rings (SSSR count). The Hall–Kier alpha value is -1.20. The van der Waals surface area contributed by atoms with E-state index in [2.05, 4.69) is 26.3 Å². The van der Waals surface area contributed by atoms with Crippen LogP contribution in [-0.2, 0) is 13.5 Å². The second-order valence-electron chi connectivity index (χ2n) is 4.54. The van der Waals surface area contributed by atoms with Crippen LogP contribution in [0.2, 0.25) is 0 Å². The Bertz CT molecular complexity index is 553. The highest BCUT2D eigenvalue weighted by Crippen LogP contribution is 2.20. The van der Waals surface area contributed by atoms with Crippen molar-refractivity contribution in [2.45, 2.75) is 19.4 Å². The maximum Gasteiger partial charge on any atom is 0.129 e. The second kappa shape index (κ2) is 6.30. The fourth-order valence-corrected chi connectivity index (χ4v) is 2.36. The molecule has 0 radical (unpaired) electrons. The molecule has 1 atom stereocenters. The molecule has 0 aliphatic carbocycles. The average Bonchev–Trinajstić information content (AvgIpc) is 2.75. The number of nitrogens with one attached hydrogen (secondary N) is 1. The summed E-state index contributed by atoms with van der Waals surface area (Å²) in [5.41, 5.74) is 1.85. The third-order valence-corrected chi connectivity index (χ3v) is 3.68. The Kier molecular flexibility index (Phi) is 4.71. The molecule has 3 nitrogen and oxygen atoms in total. The Morgan fingerprint density at radius 1 is 1.42 bits per heavy atom. The first-order valence-electron chi connectivity index (χ1n) is 6.23. The van der Waals surface area contributed by atoms with Gasteiger partial charge in [-0.1, -0.05) is 22.0 Å². The summed E-state index contributed by atoms with van der Waals surface area (Å²) >= 11 is 3.26. The summed E-state index contributed by atoms with van der Waals surface area (Å²) < 4.78 is 16.4. The van der Waals surface area contributed by atoms with Gasteiger partial charge in [0.25, 0.3) is 0 Å². The van der Waals surface area contributed by atoms with Gasteiger partial charge in [-0.05, 0) is 25.1 Å². The first-order valence-corrected chi connectivity index (χ1v) is 7.02. The molecule has 1 heterocycles. The van der Waals surface area contributed by atoms with Gasteiger partial charge in [0.1, 0.15) is 5.82 Å². The minimum atomic E-state index is -0.185. The number of rotatable bonds is 5. The molecule has 102 valence electrons. The molecule has 1 N–H and O–H groups in total. The number of halogens is 2. The molecule has 0 spiro atoms. The number of nitrogens with zero attached hydrogens (tertiary/aromatic N) is 2. The van der Waals surface area contributed by atoms with Crippen molar-refractivity contribution >= 4 is 15.9 Å². The first kappa shape index (κ1) is 14.2. The number of hydrogen-bond donors (Lipinski definition) is 1. The van der Waals surface area contributed by atoms with E-state index in [-0.39, 0.29) is 11.9 Å². The third kappa shape index (κ3) is 3.64. The topological polar surface area (TPSA) is 29.9 Å². The molecule has 0 saturated heterocycles. The minimum Gasteiger partial charge on any atom is -0.310 e. The zero-order valence-corrected chi connectivity index (χ0v) is 12.6. The van der Waals surface area contributed by atoms with Crippen LogP contribution in [0.3, 0.4) is 0 Å². The van der Waals surface area contributed by atoms with Gasteiger partial charge >= 0.3 is 0 Å². The summed E-state index contributed by atoms with van der Waals surface area (Å²) in [6.07, 6.45) is 2.66. The molecule has 1 aromatic carbocycles. The van der Waals surface area contributed by atoms with Crippen LogP contribution >= 0.6 is 15.9 Å². The normalized spacial score (nSPS) is 12.6. The quantitative estimate of drug-likeness (QED) is 0.914. The van der Waals surface area contributed by atoms with Gasteiger partial charge in [0, 0.05) is 48.0 Å². The van der Waals surface area contributed by atoms with E-state index in [1.165, 1.54) is 6.07 Å². The predicted molar refractivity (Wildman–Crippen MR) is 77.4 cm³/mol. The van der Waals surface area contributed by atoms with Crippen LogP contribution in [-0.4, -0.2) is 16.3 Å². The van der Waals surface area contributed by atoms with Gasteiger partial charge in [-0.2, -0.15) is 5.10 Å². The molecule has 0 unspecified atom stereocenters. The lowest BCUT2D eigenvalue weighted by Gasteiger charge is -2.15. The van der Waals surface area contributed by atoms with Gasteiger partial charge in [0.05, 0.1) is 0 Å². The average molecular weight is 326 g/mol. The fourth-order valence-electron chi connectivity index (χ4n) is 2.03. The lowest BCUT2D eigenvalue weighted by molar-refractivity contribution is 0.525. The molecule has 0 bridgehead atoms. The van der Waals surface area contributed by atoms with Crippen molar-refractivity contribution < 1.29 is 4.39 Å². The highest BCUT2D eigenvalue weighted by molar-refractivity contribution is 9.10. The van der Waals surface area contributed by atoms with Crippen molar-refractivity contribution in [1.82, 2.24) is 15.1 Å². The van der Waals surface area contributed by atoms with E-state index in [0.29, 0.717) is 5.56 Å². The molecule has 2 aromatic rings. The van der Waals surface area contributed by atoms with Gasteiger partial charge in [0.2, 0.25) is 0 Å². The molecule has 0 amide bonds. The summed E-state index contributed by atoms with van der Waals surface area (Å²) in [5, 5.41) is 7.45. The monoisotopic (exact) mass is 325 g/mol. The third-order valence-electron chi connectivity index (χ3n) is 3.18. The molecule has 0 aliphatic heterocycles. The Balaban J connectivity index is 1.91. The van der Waals surface area contributed by atoms with Crippen molar-refractivity contribution in [1.29, 1.82) is 0 Å². The molecule has 0 aliphatic rings. The molecular formula is C14H17BrFN3. The van der Waals surface area contributed by atoms with Crippen LogP contribution in [0.15, 0.2) is 34.9 Å². The van der Waals surface area contributed by atoms with Crippen molar-refractivity contribution in [2.75, 3.05) is 6.54 Å². The van der Waals surface area contributed by atoms with E-state index in [4.69, 9.17) is 0 Å². The van der Waals surface area contributed by atoms with Crippen molar-refractivity contribution in [2.24, 2.45) is 7.05 Å². The summed E-state index contributed by atoms with van der Waals surface area (Å²) in [7, 11) is 1.92. The molecule has 5 heteroatoms. The molecule has 1 aromatic heterocycles. The zero-order valence-electron chi connectivity index (χ0n) is 11.0. The van der Waals surface area contributed by atoms with E-state index in [9.17, 15) is 4.39 Å². The SMILES string of the molecule is C[C@H](NCCc1ccnn1C)c1ccc(Br)cc1F. The minimum absolute atomic E-state index is 0.0127. The molecule has 0 fully saturated rings. The van der Waals surface area contributed by atoms with Gasteiger partial charge in [-0.25, -0.2) is 4.39 Å². The standard InChI is InChI=1S/C14H17BrFN3/c1-10(13-4-3-11(15)9-14(13)16)17-7-5-12-6-8-18-19(12)2/h3-4,6,8-10,17H,5,7H2,1-2H3/t10-/m0/s1. The zero-order chi connectivity index (χ0) is 13.8. The highest BCUT2D eigenvalue weighted by Gasteiger charge is 2.10. The van der Waals surface area contributed by atoms with Crippen LogP contribution in [0.25, 0.3) is 0 Å². The Labute approximate surface area is 121 Å². The number of hydrogen-bond acceptors (Lipinski definition) is 2. The first-order chi connectivity index (χ1) is 9.08. The van der Waals surface area contributed by atoms with Crippen LogP contribution < -0.4 is 5.32 Å². The van der Waals surface area contributed by atoms with Gasteiger partial charge in [-0.15, -0.1) is 0 Å². The molecule has 0 saturated carbocycles. The maximum atomic E-state index is 13.8. The summed E-state index contributed by atoms with van der Waals surface area (Å²) in [5.74, 6) is -0.185. The van der Waals surface area contributed by atoms with E-state index in [1.54, 1.807) is 12.3 Å². The molecule has 19 heavy (non-hydrogen) atoms. The second-order valence-corrected chi connectivity index (χ2v) is 5.45. The van der Waals surface area contributed by atoms with Crippen molar-refractivity contribution in [3.05, 3.63) is 52.0 Å². The number of benzene rings is 1. The summed E-state index contributed by atoms with van der Waals surface area (Å²) in [4.78, 5) is 0. The van der Waals surface area contributed by atoms with E-state index < -0.39 is 0 Å². The van der Waals surface area contributed by atoms with Crippen LogP contribution in [0.1, 0.15) is 24.2 Å². The molecular weight excluding hydrogens is 309 g/mol. The largest absolute Gasteiger partial charge is 0.310 e. The van der Waals surface area contributed by atoms with Crippen LogP contribution in [0.5, 0.6) is 0 Å². The van der Waals surface area contributed by atoms with Crippen molar-refractivity contribution in [3.63, 3.8) is 0 Å². The summed E-state index contributed by atoms with van der Waals surface area (Å²) in [6.45, 7) is 2.76. The fraction of sp³-hybridized carbons (Fsp3) is 0.357. The maximum absolute atomic E-state index is 13.8. The number of aromatic nitrogens is 2. The van der Waals surface area contributed by atoms with E-state index in [1.807, 2.05) is 30.8 Å². The summed E-state index contributed by atoms with van der Waals surface area (Å²) in [6, 6.07) is 7.14. The van der Waals surface area contributed by atoms with Gasteiger partial charge < -0.3 is 5.32 Å². The smallest absolute Gasteiger partial charge is 0.129 e. The van der Waals surface area contributed by atoms with Crippen LogP contribution in [0.4, 0.5) is 4.39 Å². The van der Waals surface area contributed by atoms with E-state index >= 15 is 0 Å². The number of aryl methyl sites for hydroxylation is 1. The van der Waals surface area contributed by atoms with Gasteiger partial charge in [0.15, 0.2) is 0 Å².